The van der Waals surface area contributed by atoms with E-state index in [1.165, 1.54) is 11.3 Å². The summed E-state index contributed by atoms with van der Waals surface area (Å²) in [6.07, 6.45) is 1.21. The number of nitrogens with one attached hydrogen (secondary N) is 1. The first-order valence-corrected chi connectivity index (χ1v) is 10.9. The van der Waals surface area contributed by atoms with Crippen LogP contribution >= 0.6 is 47.3 Å². The lowest BCUT2D eigenvalue weighted by Gasteiger charge is -2.32. The minimum Gasteiger partial charge on any atom is -0.379 e. The Hall–Kier alpha value is -0.220. The monoisotopic (exact) mass is 524 g/mol. The molecule has 2 aliphatic heterocycles. The summed E-state index contributed by atoms with van der Waals surface area (Å²) in [6, 6.07) is 8.64. The van der Waals surface area contributed by atoms with Gasteiger partial charge in [-0.2, -0.15) is 0 Å². The van der Waals surface area contributed by atoms with Crippen molar-refractivity contribution in [1.82, 2.24) is 15.1 Å². The number of aliphatic imine (C=N–C) groups is 1. The minimum atomic E-state index is 0. The molecular weight excluding hydrogens is 495 g/mol. The normalized spacial score (nSPS) is 21.2. The highest BCUT2D eigenvalue weighted by molar-refractivity contribution is 14.0. The Bertz CT molecular complexity index is 584. The summed E-state index contributed by atoms with van der Waals surface area (Å²) in [5, 5.41) is 4.24. The highest BCUT2D eigenvalue weighted by atomic mass is 127. The fourth-order valence-corrected chi connectivity index (χ4v) is 4.32. The highest BCUT2D eigenvalue weighted by Gasteiger charge is 2.30. The number of nitrogens with zero attached hydrogens (tertiary/aromatic N) is 3. The fraction of sp³-hybridized carbons (Fsp3) is 0.632. The molecule has 0 aromatic heterocycles. The summed E-state index contributed by atoms with van der Waals surface area (Å²) in [6.45, 7) is 9.85. The van der Waals surface area contributed by atoms with Crippen molar-refractivity contribution in [2.24, 2.45) is 4.99 Å². The summed E-state index contributed by atoms with van der Waals surface area (Å²) >= 11 is 7.76. The summed E-state index contributed by atoms with van der Waals surface area (Å²) in [5.74, 6) is 2.03. The van der Waals surface area contributed by atoms with Crippen LogP contribution in [0.3, 0.4) is 0 Å². The van der Waals surface area contributed by atoms with E-state index in [2.05, 4.69) is 34.2 Å². The number of benzene rings is 1. The lowest BCUT2D eigenvalue weighted by atomic mass is 10.2. The maximum Gasteiger partial charge on any atom is 0.193 e. The lowest BCUT2D eigenvalue weighted by Crippen LogP contribution is -2.46. The lowest BCUT2D eigenvalue weighted by molar-refractivity contribution is 0.0195. The number of thioether (sulfide) groups is 1. The van der Waals surface area contributed by atoms with Crippen molar-refractivity contribution in [3.05, 3.63) is 29.3 Å². The summed E-state index contributed by atoms with van der Waals surface area (Å²) in [4.78, 5) is 11.1. The Labute approximate surface area is 189 Å². The van der Waals surface area contributed by atoms with Gasteiger partial charge in [0.2, 0.25) is 0 Å². The predicted molar refractivity (Wildman–Crippen MR) is 126 cm³/mol. The van der Waals surface area contributed by atoms with Gasteiger partial charge in [0.1, 0.15) is 0 Å². The molecule has 1 aromatic carbocycles. The van der Waals surface area contributed by atoms with E-state index in [-0.39, 0.29) is 24.0 Å². The Kier molecular flexibility index (Phi) is 10.6. The van der Waals surface area contributed by atoms with Crippen LogP contribution in [0.5, 0.6) is 0 Å². The summed E-state index contributed by atoms with van der Waals surface area (Å²) in [5.41, 5.74) is 0. The van der Waals surface area contributed by atoms with E-state index in [1.54, 1.807) is 0 Å². The van der Waals surface area contributed by atoms with Crippen LogP contribution in [0.25, 0.3) is 0 Å². The number of hydrogen-bond acceptors (Lipinski definition) is 4. The van der Waals surface area contributed by atoms with Crippen LogP contribution in [-0.2, 0) is 4.74 Å². The number of hydrogen-bond donors (Lipinski definition) is 1. The van der Waals surface area contributed by atoms with E-state index < -0.39 is 0 Å². The minimum absolute atomic E-state index is 0. The predicted octanol–water partition coefficient (Wildman–Crippen LogP) is 3.42. The van der Waals surface area contributed by atoms with Gasteiger partial charge in [-0.1, -0.05) is 11.6 Å². The molecule has 152 valence electrons. The molecule has 1 atom stereocenters. The highest BCUT2D eigenvalue weighted by Crippen LogP contribution is 2.20. The van der Waals surface area contributed by atoms with Gasteiger partial charge in [0.15, 0.2) is 5.96 Å². The molecule has 1 aromatic rings. The zero-order valence-corrected chi connectivity index (χ0v) is 19.8. The Balaban J connectivity index is 0.00000261. The number of halogens is 2. The molecule has 5 nitrogen and oxygen atoms in total. The Morgan fingerprint density at radius 3 is 2.70 bits per heavy atom. The molecule has 0 aliphatic carbocycles. The van der Waals surface area contributed by atoms with E-state index in [4.69, 9.17) is 21.3 Å². The van der Waals surface area contributed by atoms with Crippen molar-refractivity contribution >= 4 is 53.3 Å². The molecule has 0 amide bonds. The molecule has 3 rings (SSSR count). The van der Waals surface area contributed by atoms with Gasteiger partial charge in [-0.3, -0.25) is 9.89 Å². The molecule has 2 aliphatic rings. The number of rotatable bonds is 6. The average Bonchev–Trinajstić information content (AvgIpc) is 3.16. The van der Waals surface area contributed by atoms with Gasteiger partial charge in [0.25, 0.3) is 0 Å². The van der Waals surface area contributed by atoms with Crippen molar-refractivity contribution in [3.8, 4) is 0 Å². The van der Waals surface area contributed by atoms with Crippen LogP contribution in [0, 0.1) is 0 Å². The molecule has 1 unspecified atom stereocenters. The van der Waals surface area contributed by atoms with Crippen molar-refractivity contribution in [3.63, 3.8) is 0 Å². The first kappa shape index (κ1) is 23.1. The van der Waals surface area contributed by atoms with Crippen molar-refractivity contribution in [2.75, 3.05) is 58.2 Å². The second-order valence-electron chi connectivity index (χ2n) is 6.57. The smallest absolute Gasteiger partial charge is 0.193 e. The van der Waals surface area contributed by atoms with Gasteiger partial charge in [0, 0.05) is 54.4 Å². The van der Waals surface area contributed by atoms with Gasteiger partial charge >= 0.3 is 0 Å². The second-order valence-corrected chi connectivity index (χ2v) is 8.18. The fourth-order valence-electron chi connectivity index (χ4n) is 3.45. The number of guanidine groups is 1. The van der Waals surface area contributed by atoms with E-state index in [9.17, 15) is 0 Å². The topological polar surface area (TPSA) is 40.1 Å². The second kappa shape index (κ2) is 12.4. The third-order valence-electron chi connectivity index (χ3n) is 4.80. The number of ether oxygens (including phenoxy) is 1. The van der Waals surface area contributed by atoms with E-state index in [0.29, 0.717) is 6.04 Å². The number of likely N-dealkylation sites (tertiary alicyclic amines) is 1. The Morgan fingerprint density at radius 2 is 2.00 bits per heavy atom. The molecule has 2 fully saturated rings. The van der Waals surface area contributed by atoms with Crippen molar-refractivity contribution < 1.29 is 4.74 Å². The zero-order chi connectivity index (χ0) is 18.2. The first-order chi connectivity index (χ1) is 12.8. The SMILES string of the molecule is CCNC(=NCCSc1ccc(Cl)cc1)N1CCC(N2CCOCC2)C1.I. The van der Waals surface area contributed by atoms with Gasteiger partial charge in [-0.25, -0.2) is 0 Å². The van der Waals surface area contributed by atoms with Crippen LogP contribution in [-0.4, -0.2) is 80.0 Å². The van der Waals surface area contributed by atoms with Crippen LogP contribution in [0.1, 0.15) is 13.3 Å². The Morgan fingerprint density at radius 1 is 1.26 bits per heavy atom. The zero-order valence-electron chi connectivity index (χ0n) is 15.9. The van der Waals surface area contributed by atoms with Gasteiger partial charge in [0.05, 0.1) is 19.8 Å². The molecule has 27 heavy (non-hydrogen) atoms. The average molecular weight is 525 g/mol. The maximum atomic E-state index is 5.93. The van der Waals surface area contributed by atoms with E-state index in [1.807, 2.05) is 23.9 Å². The molecule has 0 radical (unpaired) electrons. The van der Waals surface area contributed by atoms with Crippen LogP contribution in [0.15, 0.2) is 34.2 Å². The molecule has 0 spiro atoms. The van der Waals surface area contributed by atoms with E-state index >= 15 is 0 Å². The largest absolute Gasteiger partial charge is 0.379 e. The number of morpholine rings is 1. The van der Waals surface area contributed by atoms with Gasteiger partial charge in [-0.15, -0.1) is 35.7 Å². The third-order valence-corrected chi connectivity index (χ3v) is 6.04. The van der Waals surface area contributed by atoms with Gasteiger partial charge in [-0.05, 0) is 37.6 Å². The molecule has 2 saturated heterocycles. The molecule has 0 saturated carbocycles. The standard InChI is InChI=1S/C19H29ClN4OS.HI/c1-2-21-19(22-8-14-26-18-5-3-16(20)4-6-18)24-9-7-17(15-24)23-10-12-25-13-11-23;/h3-6,17H,2,7-15H2,1H3,(H,21,22);1H. The van der Waals surface area contributed by atoms with Crippen molar-refractivity contribution in [2.45, 2.75) is 24.3 Å². The first-order valence-electron chi connectivity index (χ1n) is 9.49. The van der Waals surface area contributed by atoms with Crippen LogP contribution in [0.2, 0.25) is 5.02 Å². The van der Waals surface area contributed by atoms with E-state index in [0.717, 1.165) is 69.2 Å². The van der Waals surface area contributed by atoms with Gasteiger partial charge < -0.3 is 15.0 Å². The molecule has 8 heteroatoms. The summed E-state index contributed by atoms with van der Waals surface area (Å²) in [7, 11) is 0. The van der Waals surface area contributed by atoms with Crippen LogP contribution < -0.4 is 5.32 Å². The maximum absolute atomic E-state index is 5.93. The van der Waals surface area contributed by atoms with Crippen molar-refractivity contribution in [1.29, 1.82) is 0 Å². The quantitative estimate of drug-likeness (QED) is 0.203. The van der Waals surface area contributed by atoms with Crippen LogP contribution in [0.4, 0.5) is 0 Å². The molecule has 0 bridgehead atoms. The third kappa shape index (κ3) is 7.27. The molecule has 1 N–H and O–H groups in total. The summed E-state index contributed by atoms with van der Waals surface area (Å²) < 4.78 is 5.48. The molecular formula is C19H30ClIN4OS. The molecule has 2 heterocycles.